The maximum absolute atomic E-state index is 12.7. The van der Waals surface area contributed by atoms with Crippen molar-refractivity contribution in [2.24, 2.45) is 17.6 Å². The second-order valence-corrected chi connectivity index (χ2v) is 7.00. The Kier molecular flexibility index (Phi) is 7.03. The number of hydrogen-bond acceptors (Lipinski definition) is 4. The smallest absolute Gasteiger partial charge is 0.241 e. The van der Waals surface area contributed by atoms with Crippen LogP contribution >= 0.6 is 0 Å². The molecule has 3 N–H and O–H groups in total. The number of aliphatic hydroxyl groups excluding tert-OH is 1. The van der Waals surface area contributed by atoms with E-state index in [0.29, 0.717) is 12.3 Å². The zero-order valence-electron chi connectivity index (χ0n) is 12.4. The van der Waals surface area contributed by atoms with Gasteiger partial charge in [0.1, 0.15) is 6.04 Å². The highest BCUT2D eigenvalue weighted by atomic mass is 16.3. The lowest BCUT2D eigenvalue weighted by atomic mass is 9.84. The van der Waals surface area contributed by atoms with E-state index in [-0.39, 0.29) is 44.9 Å². The maximum Gasteiger partial charge on any atom is 0.241 e. The van der Waals surface area contributed by atoms with E-state index in [1.54, 1.807) is 4.90 Å². The average molecular weight is 323 g/mol. The van der Waals surface area contributed by atoms with Crippen LogP contribution in [0.25, 0.3) is 0 Å². The molecular formula is C18H33N3O2. The number of rotatable bonds is 2. The van der Waals surface area contributed by atoms with Crippen LogP contribution in [0.15, 0.2) is 0 Å². The minimum absolute atomic E-state index is 0. The van der Waals surface area contributed by atoms with Crippen LogP contribution in [0.3, 0.4) is 0 Å². The van der Waals surface area contributed by atoms with E-state index in [0.717, 1.165) is 44.9 Å². The molecule has 0 spiro atoms. The van der Waals surface area contributed by atoms with Gasteiger partial charge in [0.2, 0.25) is 5.91 Å². The fraction of sp³-hybridized carbons (Fsp3) is 0.889. The number of likely N-dealkylation sites (tertiary alicyclic amines) is 1. The van der Waals surface area contributed by atoms with Gasteiger partial charge in [0.25, 0.3) is 0 Å². The first-order valence-corrected chi connectivity index (χ1v) is 8.27. The van der Waals surface area contributed by atoms with Crippen molar-refractivity contribution in [2.75, 3.05) is 0 Å². The molecule has 0 radical (unpaired) electrons. The lowest BCUT2D eigenvalue weighted by Gasteiger charge is -2.32. The quantitative estimate of drug-likeness (QED) is 0.816. The van der Waals surface area contributed by atoms with Crippen molar-refractivity contribution in [1.29, 1.82) is 5.26 Å². The summed E-state index contributed by atoms with van der Waals surface area (Å²) >= 11 is 0. The Morgan fingerprint density at radius 1 is 1.17 bits per heavy atom. The van der Waals surface area contributed by atoms with Crippen molar-refractivity contribution in [2.45, 2.75) is 90.4 Å². The van der Waals surface area contributed by atoms with Crippen LogP contribution in [-0.4, -0.2) is 40.1 Å². The third-order valence-corrected chi connectivity index (χ3v) is 5.49. The monoisotopic (exact) mass is 323 g/mol. The van der Waals surface area contributed by atoms with E-state index in [9.17, 15) is 15.2 Å². The molecule has 132 valence electrons. The molecule has 3 fully saturated rings. The Labute approximate surface area is 140 Å². The first-order valence-electron chi connectivity index (χ1n) is 8.27. The zero-order valence-corrected chi connectivity index (χ0v) is 12.4. The molecule has 0 bridgehead atoms. The predicted molar refractivity (Wildman–Crippen MR) is 91.4 cm³/mol. The van der Waals surface area contributed by atoms with Crippen LogP contribution in [0.2, 0.25) is 0 Å². The van der Waals surface area contributed by atoms with Crippen LogP contribution in [0.5, 0.6) is 0 Å². The predicted octanol–water partition coefficient (Wildman–Crippen LogP) is 2.43. The van der Waals surface area contributed by atoms with Crippen LogP contribution in [-0.2, 0) is 4.79 Å². The molecule has 3 rings (SSSR count). The number of hydrogen-bond donors (Lipinski definition) is 2. The first kappa shape index (κ1) is 19.9. The summed E-state index contributed by atoms with van der Waals surface area (Å²) in [5.41, 5.74) is 6.24. The SMILES string of the molecule is C.C.N#C[C@@H]1C[C@@H]2C[C@@H]2N1C(=O)[C@@H](N)C1CCCCCC(O)C1. The van der Waals surface area contributed by atoms with Gasteiger partial charge in [0.15, 0.2) is 0 Å². The Balaban J connectivity index is 0.00000132. The summed E-state index contributed by atoms with van der Waals surface area (Å²) in [7, 11) is 0. The van der Waals surface area contributed by atoms with Gasteiger partial charge in [-0.2, -0.15) is 5.26 Å². The first-order chi connectivity index (χ1) is 10.1. The van der Waals surface area contributed by atoms with Crippen molar-refractivity contribution < 1.29 is 9.90 Å². The highest BCUT2D eigenvalue weighted by molar-refractivity contribution is 5.83. The summed E-state index contributed by atoms with van der Waals surface area (Å²) < 4.78 is 0. The maximum atomic E-state index is 12.7. The third-order valence-electron chi connectivity index (χ3n) is 5.49. The van der Waals surface area contributed by atoms with E-state index in [2.05, 4.69) is 6.07 Å². The van der Waals surface area contributed by atoms with Crippen LogP contribution in [0.4, 0.5) is 0 Å². The van der Waals surface area contributed by atoms with E-state index >= 15 is 0 Å². The number of nitrogens with zero attached hydrogens (tertiary/aromatic N) is 2. The van der Waals surface area contributed by atoms with Crippen molar-refractivity contribution >= 4 is 5.91 Å². The molecule has 0 aromatic carbocycles. The van der Waals surface area contributed by atoms with Crippen LogP contribution < -0.4 is 5.73 Å². The number of amides is 1. The molecule has 1 amide bonds. The van der Waals surface area contributed by atoms with Gasteiger partial charge in [-0.05, 0) is 43.9 Å². The number of nitriles is 1. The molecule has 0 aromatic heterocycles. The van der Waals surface area contributed by atoms with Gasteiger partial charge in [-0.1, -0.05) is 34.1 Å². The van der Waals surface area contributed by atoms with E-state index in [1.807, 2.05) is 0 Å². The number of carbonyl (C=O) groups is 1. The lowest BCUT2D eigenvalue weighted by Crippen LogP contribution is -2.51. The molecule has 2 saturated carbocycles. The highest BCUT2D eigenvalue weighted by Crippen LogP contribution is 2.48. The Morgan fingerprint density at radius 3 is 2.57 bits per heavy atom. The van der Waals surface area contributed by atoms with Crippen LogP contribution in [0, 0.1) is 23.2 Å². The van der Waals surface area contributed by atoms with Gasteiger partial charge >= 0.3 is 0 Å². The van der Waals surface area contributed by atoms with E-state index in [4.69, 9.17) is 5.73 Å². The Hall–Kier alpha value is -1.12. The fourth-order valence-electron chi connectivity index (χ4n) is 4.14. The van der Waals surface area contributed by atoms with Gasteiger partial charge in [-0.25, -0.2) is 0 Å². The summed E-state index contributed by atoms with van der Waals surface area (Å²) in [6.07, 6.45) is 7.07. The molecule has 1 saturated heterocycles. The molecule has 0 aromatic rings. The second kappa shape index (κ2) is 8.12. The summed E-state index contributed by atoms with van der Waals surface area (Å²) in [6, 6.07) is 1.65. The highest BCUT2D eigenvalue weighted by Gasteiger charge is 2.55. The topological polar surface area (TPSA) is 90.4 Å². The lowest BCUT2D eigenvalue weighted by molar-refractivity contribution is -0.135. The Morgan fingerprint density at radius 2 is 1.87 bits per heavy atom. The van der Waals surface area contributed by atoms with Gasteiger partial charge in [-0.3, -0.25) is 4.79 Å². The molecular weight excluding hydrogens is 290 g/mol. The van der Waals surface area contributed by atoms with E-state index in [1.165, 1.54) is 0 Å². The zero-order chi connectivity index (χ0) is 15.0. The molecule has 1 aliphatic heterocycles. The minimum Gasteiger partial charge on any atom is -0.393 e. The second-order valence-electron chi connectivity index (χ2n) is 7.00. The summed E-state index contributed by atoms with van der Waals surface area (Å²) in [6.45, 7) is 0. The summed E-state index contributed by atoms with van der Waals surface area (Å²) in [5, 5.41) is 19.2. The standard InChI is InChI=1S/C16H25N3O2.2CH4/c17-9-12-6-11-8-14(11)19(12)16(21)15(18)10-4-2-1-3-5-13(20)7-10;;/h10-15,20H,1-8,18H2;2*1H4/t10?,11-,12+,13?,14+,15+;;/m1../s1. The van der Waals surface area contributed by atoms with Gasteiger partial charge < -0.3 is 15.7 Å². The van der Waals surface area contributed by atoms with Crippen molar-refractivity contribution in [1.82, 2.24) is 4.90 Å². The molecule has 6 atom stereocenters. The summed E-state index contributed by atoms with van der Waals surface area (Å²) in [4.78, 5) is 14.5. The number of piperidine rings is 1. The molecule has 1 heterocycles. The summed E-state index contributed by atoms with van der Waals surface area (Å²) in [5.74, 6) is 0.503. The fourth-order valence-corrected chi connectivity index (χ4v) is 4.14. The molecule has 3 aliphatic rings. The third kappa shape index (κ3) is 4.05. The number of fused-ring (bicyclic) bond motifs is 1. The Bertz CT molecular complexity index is 448. The number of aliphatic hydroxyl groups is 1. The van der Waals surface area contributed by atoms with Crippen molar-refractivity contribution in [3.05, 3.63) is 0 Å². The average Bonchev–Trinajstić information content (AvgIpc) is 3.12. The molecule has 5 nitrogen and oxygen atoms in total. The number of carbonyl (C=O) groups excluding carboxylic acids is 1. The molecule has 5 heteroatoms. The normalized spacial score (nSPS) is 37.1. The van der Waals surface area contributed by atoms with Gasteiger partial charge in [-0.15, -0.1) is 0 Å². The van der Waals surface area contributed by atoms with Gasteiger partial charge in [0.05, 0.1) is 18.2 Å². The van der Waals surface area contributed by atoms with Crippen molar-refractivity contribution in [3.63, 3.8) is 0 Å². The van der Waals surface area contributed by atoms with Crippen LogP contribution in [0.1, 0.15) is 66.2 Å². The van der Waals surface area contributed by atoms with Gasteiger partial charge in [0, 0.05) is 6.04 Å². The van der Waals surface area contributed by atoms with Crippen molar-refractivity contribution in [3.8, 4) is 6.07 Å². The molecule has 2 aliphatic carbocycles. The molecule has 23 heavy (non-hydrogen) atoms. The molecule has 2 unspecified atom stereocenters. The van der Waals surface area contributed by atoms with E-state index < -0.39 is 6.04 Å². The number of nitrogens with two attached hydrogens (primary N) is 1. The minimum atomic E-state index is -0.562. The largest absolute Gasteiger partial charge is 0.393 e.